The second-order valence-corrected chi connectivity index (χ2v) is 6.26. The second-order valence-electron chi connectivity index (χ2n) is 6.26. The number of ether oxygens (including phenoxy) is 1. The lowest BCUT2D eigenvalue weighted by atomic mass is 10.3. The number of nitrogens with zero attached hydrogens (tertiary/aromatic N) is 1. The van der Waals surface area contributed by atoms with Crippen molar-refractivity contribution in [2.45, 2.75) is 0 Å². The van der Waals surface area contributed by atoms with Crippen molar-refractivity contribution in [1.29, 1.82) is 0 Å². The fourth-order valence-corrected chi connectivity index (χ4v) is 2.54. The summed E-state index contributed by atoms with van der Waals surface area (Å²) in [6, 6.07) is 2.96. The fraction of sp³-hybridized carbons (Fsp3) is 0.471. The summed E-state index contributed by atoms with van der Waals surface area (Å²) in [5, 5.41) is 4.78. The molecule has 0 aromatic heterocycles. The first-order valence-corrected chi connectivity index (χ1v) is 8.53. The maximum Gasteiger partial charge on any atom is 0.277 e. The molecule has 0 radical (unpaired) electrons. The number of anilines is 1. The molecule has 1 aliphatic rings. The number of halogens is 2. The molecule has 0 aliphatic carbocycles. The molecule has 1 unspecified atom stereocenters. The predicted molar refractivity (Wildman–Crippen MR) is 92.0 cm³/mol. The summed E-state index contributed by atoms with van der Waals surface area (Å²) >= 11 is 0. The molecule has 1 fully saturated rings. The molecule has 0 saturated carbocycles. The third-order valence-corrected chi connectivity index (χ3v) is 3.93. The highest BCUT2D eigenvalue weighted by Crippen LogP contribution is 2.12. The molecule has 3 N–H and O–H groups in total. The number of carbonyl (C=O) groups excluding carboxylic acids is 3. The van der Waals surface area contributed by atoms with E-state index in [1.165, 1.54) is 6.07 Å². The van der Waals surface area contributed by atoms with Crippen LogP contribution in [0.5, 0.6) is 0 Å². The number of morpholine rings is 1. The van der Waals surface area contributed by atoms with E-state index in [4.69, 9.17) is 4.74 Å². The van der Waals surface area contributed by atoms with Crippen LogP contribution < -0.4 is 15.5 Å². The zero-order valence-corrected chi connectivity index (χ0v) is 15.0. The minimum absolute atomic E-state index is 0.0224. The molecule has 3 amide bonds. The largest absolute Gasteiger partial charge is 0.378 e. The van der Waals surface area contributed by atoms with Crippen molar-refractivity contribution >= 4 is 23.4 Å². The highest BCUT2D eigenvalue weighted by atomic mass is 19.2. The van der Waals surface area contributed by atoms with E-state index in [1.54, 1.807) is 11.9 Å². The Balaban J connectivity index is 1.69. The number of benzene rings is 1. The van der Waals surface area contributed by atoms with Crippen molar-refractivity contribution in [3.05, 3.63) is 29.8 Å². The Bertz CT molecular complexity index is 696. The van der Waals surface area contributed by atoms with Crippen molar-refractivity contribution in [3.8, 4) is 0 Å². The Labute approximate surface area is 155 Å². The summed E-state index contributed by atoms with van der Waals surface area (Å²) in [6.07, 6.45) is 0. The molecule has 10 heteroatoms. The molecule has 0 bridgehead atoms. The number of hydrogen-bond donors (Lipinski definition) is 3. The van der Waals surface area contributed by atoms with E-state index in [-0.39, 0.29) is 31.2 Å². The maximum atomic E-state index is 13.1. The number of rotatable bonds is 7. The van der Waals surface area contributed by atoms with Gasteiger partial charge in [-0.05, 0) is 12.1 Å². The van der Waals surface area contributed by atoms with Gasteiger partial charge in [-0.1, -0.05) is 0 Å². The van der Waals surface area contributed by atoms with Crippen LogP contribution in [0.3, 0.4) is 0 Å². The Morgan fingerprint density at radius 1 is 1.11 bits per heavy atom. The molecule has 27 heavy (non-hydrogen) atoms. The van der Waals surface area contributed by atoms with E-state index < -0.39 is 23.4 Å². The normalized spacial score (nSPS) is 15.1. The molecule has 1 heterocycles. The lowest BCUT2D eigenvalue weighted by molar-refractivity contribution is -0.863. The third-order valence-electron chi connectivity index (χ3n) is 3.93. The van der Waals surface area contributed by atoms with Crippen LogP contribution in [0.2, 0.25) is 0 Å². The van der Waals surface area contributed by atoms with Gasteiger partial charge in [-0.25, -0.2) is 8.78 Å². The van der Waals surface area contributed by atoms with E-state index in [9.17, 15) is 23.2 Å². The summed E-state index contributed by atoms with van der Waals surface area (Å²) in [7, 11) is 1.71. The van der Waals surface area contributed by atoms with Gasteiger partial charge >= 0.3 is 0 Å². The number of carbonyl (C=O) groups is 3. The zero-order chi connectivity index (χ0) is 19.8. The molecular weight excluding hydrogens is 362 g/mol. The highest BCUT2D eigenvalue weighted by Gasteiger charge is 2.21. The average molecular weight is 385 g/mol. The van der Waals surface area contributed by atoms with Gasteiger partial charge in [-0.2, -0.15) is 0 Å². The summed E-state index contributed by atoms with van der Waals surface area (Å²) in [4.78, 5) is 38.1. The molecule has 2 rings (SSSR count). The molecule has 8 nitrogen and oxygen atoms in total. The number of nitrogens with one attached hydrogen (secondary N) is 3. The second kappa shape index (κ2) is 9.93. The quantitative estimate of drug-likeness (QED) is 0.527. The van der Waals surface area contributed by atoms with Crippen molar-refractivity contribution in [1.82, 2.24) is 10.2 Å². The molecule has 1 aromatic carbocycles. The monoisotopic (exact) mass is 385 g/mol. The molecule has 1 saturated heterocycles. The van der Waals surface area contributed by atoms with Crippen LogP contribution in [0.4, 0.5) is 14.5 Å². The topological polar surface area (TPSA) is 92.2 Å². The van der Waals surface area contributed by atoms with Gasteiger partial charge in [0, 0.05) is 24.8 Å². The van der Waals surface area contributed by atoms with Crippen LogP contribution in [0.1, 0.15) is 0 Å². The number of amides is 3. The first-order chi connectivity index (χ1) is 12.8. The lowest BCUT2D eigenvalue weighted by Gasteiger charge is -2.27. The molecule has 1 aromatic rings. The minimum atomic E-state index is -1.08. The zero-order valence-electron chi connectivity index (χ0n) is 15.0. The van der Waals surface area contributed by atoms with Gasteiger partial charge in [0.25, 0.3) is 11.8 Å². The third kappa shape index (κ3) is 6.91. The molecule has 148 valence electrons. The van der Waals surface area contributed by atoms with E-state index >= 15 is 0 Å². The first kappa shape index (κ1) is 20.7. The van der Waals surface area contributed by atoms with Crippen molar-refractivity contribution in [2.24, 2.45) is 0 Å². The van der Waals surface area contributed by atoms with Gasteiger partial charge < -0.3 is 25.2 Å². The summed E-state index contributed by atoms with van der Waals surface area (Å²) in [6.45, 7) is 1.98. The number of hydrogen-bond acceptors (Lipinski definition) is 4. The van der Waals surface area contributed by atoms with Gasteiger partial charge in [-0.15, -0.1) is 0 Å². The van der Waals surface area contributed by atoms with E-state index in [0.29, 0.717) is 31.2 Å². The van der Waals surface area contributed by atoms with Gasteiger partial charge in [0.1, 0.15) is 0 Å². The fourth-order valence-electron chi connectivity index (χ4n) is 2.54. The standard InChI is InChI=1S/C17H22F2N4O4/c1-22(11-17(26)23-4-6-27-7-5-23)10-16(25)20-9-15(24)21-12-2-3-13(18)14(19)8-12/h2-3,8H,4-7,9-11H2,1H3,(H,20,25)(H,21,24)/p+1. The van der Waals surface area contributed by atoms with Gasteiger partial charge in [0.2, 0.25) is 5.91 Å². The van der Waals surface area contributed by atoms with Crippen molar-refractivity contribution in [2.75, 3.05) is 58.3 Å². The Kier molecular flexibility index (Phi) is 7.62. The predicted octanol–water partition coefficient (Wildman–Crippen LogP) is -1.61. The van der Waals surface area contributed by atoms with Crippen LogP contribution in [-0.2, 0) is 19.1 Å². The lowest BCUT2D eigenvalue weighted by Crippen LogP contribution is -3.11. The Morgan fingerprint density at radius 2 is 1.81 bits per heavy atom. The van der Waals surface area contributed by atoms with Crippen molar-refractivity contribution in [3.63, 3.8) is 0 Å². The number of likely N-dealkylation sites (N-methyl/N-ethyl adjacent to an activating group) is 1. The SMILES string of the molecule is C[NH+](CC(=O)NCC(=O)Nc1ccc(F)c(F)c1)CC(=O)N1CCOCC1. The van der Waals surface area contributed by atoms with Crippen LogP contribution in [0, 0.1) is 11.6 Å². The average Bonchev–Trinajstić information content (AvgIpc) is 2.63. The molecule has 1 atom stereocenters. The Hall–Kier alpha value is -2.59. The van der Waals surface area contributed by atoms with E-state index in [0.717, 1.165) is 12.1 Å². The minimum Gasteiger partial charge on any atom is -0.378 e. The van der Waals surface area contributed by atoms with E-state index in [2.05, 4.69) is 10.6 Å². The summed E-state index contributed by atoms with van der Waals surface area (Å²) in [5.74, 6) is -3.12. The van der Waals surface area contributed by atoms with Gasteiger partial charge in [0.15, 0.2) is 24.7 Å². The van der Waals surface area contributed by atoms with Gasteiger partial charge in [-0.3, -0.25) is 14.4 Å². The highest BCUT2D eigenvalue weighted by molar-refractivity contribution is 5.94. The van der Waals surface area contributed by atoms with E-state index in [1.807, 2.05) is 0 Å². The van der Waals surface area contributed by atoms with Crippen LogP contribution in [0.15, 0.2) is 18.2 Å². The molecule has 0 spiro atoms. The van der Waals surface area contributed by atoms with Crippen LogP contribution >= 0.6 is 0 Å². The Morgan fingerprint density at radius 3 is 2.48 bits per heavy atom. The smallest absolute Gasteiger partial charge is 0.277 e. The maximum absolute atomic E-state index is 13.1. The first-order valence-electron chi connectivity index (χ1n) is 8.53. The molecular formula is C17H23F2N4O4+. The van der Waals surface area contributed by atoms with Gasteiger partial charge in [0.05, 0.1) is 26.8 Å². The van der Waals surface area contributed by atoms with Crippen molar-refractivity contribution < 1.29 is 32.8 Å². The molecule has 1 aliphatic heterocycles. The number of quaternary nitrogens is 1. The summed E-state index contributed by atoms with van der Waals surface area (Å²) in [5.41, 5.74) is 0.0898. The van der Waals surface area contributed by atoms with Crippen LogP contribution in [0.25, 0.3) is 0 Å². The van der Waals surface area contributed by atoms with Crippen LogP contribution in [-0.4, -0.2) is 75.6 Å². The summed E-state index contributed by atoms with van der Waals surface area (Å²) < 4.78 is 31.1.